The van der Waals surface area contributed by atoms with E-state index in [0.29, 0.717) is 6.61 Å². The molecule has 0 radical (unpaired) electrons. The van der Waals surface area contributed by atoms with Crippen LogP contribution >= 0.6 is 0 Å². The van der Waals surface area contributed by atoms with Crippen LogP contribution in [0.25, 0.3) is 0 Å². The van der Waals surface area contributed by atoms with Crippen molar-refractivity contribution < 1.29 is 9.47 Å². The van der Waals surface area contributed by atoms with Crippen molar-refractivity contribution in [2.45, 2.75) is 38.5 Å². The first-order chi connectivity index (χ1) is 7.77. The molecule has 3 heteroatoms. The van der Waals surface area contributed by atoms with E-state index in [-0.39, 0.29) is 12.1 Å². The van der Waals surface area contributed by atoms with Gasteiger partial charge in [0.1, 0.15) is 5.75 Å². The zero-order chi connectivity index (χ0) is 11.1. The number of hydrogen-bond acceptors (Lipinski definition) is 3. The van der Waals surface area contributed by atoms with E-state index in [9.17, 15) is 0 Å². The number of nitrogens with two attached hydrogens (primary N) is 1. The first-order valence-electron chi connectivity index (χ1n) is 5.92. The molecular formula is C13H17NO2. The molecule has 1 unspecified atom stereocenters. The molecule has 1 aromatic rings. The minimum atomic E-state index is -0.0135. The summed E-state index contributed by atoms with van der Waals surface area (Å²) < 4.78 is 11.3. The van der Waals surface area contributed by atoms with E-state index in [0.717, 1.165) is 25.2 Å². The summed E-state index contributed by atoms with van der Waals surface area (Å²) >= 11 is 0. The second-order valence-electron chi connectivity index (χ2n) is 4.61. The van der Waals surface area contributed by atoms with Gasteiger partial charge in [-0.2, -0.15) is 0 Å². The van der Waals surface area contributed by atoms with E-state index in [1.54, 1.807) is 0 Å². The van der Waals surface area contributed by atoms with Crippen molar-refractivity contribution in [3.05, 3.63) is 28.8 Å². The number of rotatable bonds is 0. The van der Waals surface area contributed by atoms with Gasteiger partial charge in [-0.3, -0.25) is 0 Å². The lowest BCUT2D eigenvalue weighted by Gasteiger charge is -2.33. The van der Waals surface area contributed by atoms with Gasteiger partial charge in [-0.05, 0) is 42.5 Å². The zero-order valence-electron chi connectivity index (χ0n) is 9.53. The number of hydrogen-bond donors (Lipinski definition) is 1. The molecule has 0 aromatic heterocycles. The van der Waals surface area contributed by atoms with Crippen LogP contribution < -0.4 is 10.5 Å². The predicted molar refractivity (Wildman–Crippen MR) is 61.4 cm³/mol. The van der Waals surface area contributed by atoms with E-state index in [1.807, 2.05) is 6.92 Å². The van der Waals surface area contributed by atoms with Crippen molar-refractivity contribution in [2.24, 2.45) is 5.73 Å². The molecule has 86 valence electrons. The van der Waals surface area contributed by atoms with E-state index in [2.05, 4.69) is 12.1 Å². The van der Waals surface area contributed by atoms with Crippen molar-refractivity contribution in [1.82, 2.24) is 0 Å². The van der Waals surface area contributed by atoms with E-state index >= 15 is 0 Å². The summed E-state index contributed by atoms with van der Waals surface area (Å²) in [5.74, 6) is 1.02. The maximum absolute atomic E-state index is 6.23. The summed E-state index contributed by atoms with van der Waals surface area (Å²) in [6.45, 7) is 3.54. The van der Waals surface area contributed by atoms with Gasteiger partial charge in [0, 0.05) is 0 Å². The molecule has 1 aromatic carbocycles. The Balaban J connectivity index is 2.14. The molecule has 0 spiro atoms. The number of fused-ring (bicyclic) bond motifs is 3. The van der Waals surface area contributed by atoms with Crippen LogP contribution in [0.3, 0.4) is 0 Å². The Morgan fingerprint density at radius 2 is 2.25 bits per heavy atom. The van der Waals surface area contributed by atoms with Crippen molar-refractivity contribution in [3.8, 4) is 5.75 Å². The molecule has 0 amide bonds. The molecule has 2 heterocycles. The maximum atomic E-state index is 6.23. The normalized spacial score (nSPS) is 27.9. The first-order valence-corrected chi connectivity index (χ1v) is 5.92. The second kappa shape index (κ2) is 3.75. The van der Waals surface area contributed by atoms with Crippen molar-refractivity contribution >= 4 is 0 Å². The maximum Gasteiger partial charge on any atom is 0.122 e. The zero-order valence-corrected chi connectivity index (χ0v) is 9.53. The highest BCUT2D eigenvalue weighted by Crippen LogP contribution is 2.37. The van der Waals surface area contributed by atoms with E-state index < -0.39 is 0 Å². The fourth-order valence-electron chi connectivity index (χ4n) is 2.62. The first kappa shape index (κ1) is 10.1. The van der Waals surface area contributed by atoms with Gasteiger partial charge in [0.15, 0.2) is 0 Å². The molecule has 0 fully saturated rings. The highest BCUT2D eigenvalue weighted by Gasteiger charge is 2.29. The Morgan fingerprint density at radius 1 is 1.38 bits per heavy atom. The van der Waals surface area contributed by atoms with Gasteiger partial charge in [0.25, 0.3) is 0 Å². The molecule has 0 saturated carbocycles. The van der Waals surface area contributed by atoms with Gasteiger partial charge in [0.2, 0.25) is 0 Å². The lowest BCUT2D eigenvalue weighted by Crippen LogP contribution is -2.33. The molecule has 2 aliphatic rings. The molecule has 0 aliphatic carbocycles. The summed E-state index contributed by atoms with van der Waals surface area (Å²) in [4.78, 5) is 0. The number of benzene rings is 1. The predicted octanol–water partition coefficient (Wildman–Crippen LogP) is 1.93. The minimum Gasteiger partial charge on any atom is -0.493 e. The topological polar surface area (TPSA) is 44.5 Å². The van der Waals surface area contributed by atoms with Gasteiger partial charge < -0.3 is 15.2 Å². The molecule has 0 saturated heterocycles. The minimum absolute atomic E-state index is 0.0135. The third-order valence-electron chi connectivity index (χ3n) is 3.57. The van der Waals surface area contributed by atoms with Crippen LogP contribution in [0.1, 0.15) is 36.1 Å². The second-order valence-corrected chi connectivity index (χ2v) is 4.61. The van der Waals surface area contributed by atoms with Crippen molar-refractivity contribution in [3.63, 3.8) is 0 Å². The van der Waals surface area contributed by atoms with Crippen molar-refractivity contribution in [1.29, 1.82) is 0 Å². The monoisotopic (exact) mass is 219 g/mol. The molecule has 2 aliphatic heterocycles. The molecule has 2 N–H and O–H groups in total. The summed E-state index contributed by atoms with van der Waals surface area (Å²) in [5, 5.41) is 0. The van der Waals surface area contributed by atoms with Gasteiger partial charge in [-0.25, -0.2) is 0 Å². The quantitative estimate of drug-likeness (QED) is 0.725. The van der Waals surface area contributed by atoms with Crippen LogP contribution in [-0.2, 0) is 17.8 Å². The molecule has 2 atom stereocenters. The Labute approximate surface area is 95.5 Å². The van der Waals surface area contributed by atoms with Crippen LogP contribution in [-0.4, -0.2) is 12.7 Å². The molecule has 16 heavy (non-hydrogen) atoms. The Morgan fingerprint density at radius 3 is 3.12 bits per heavy atom. The molecule has 0 bridgehead atoms. The fraction of sp³-hybridized carbons (Fsp3) is 0.538. The SMILES string of the molecule is C[C@@H]1OCc2ccc3c(c2C1N)CCCO3. The highest BCUT2D eigenvalue weighted by molar-refractivity contribution is 5.48. The van der Waals surface area contributed by atoms with Crippen LogP contribution in [0.5, 0.6) is 5.75 Å². The van der Waals surface area contributed by atoms with E-state index in [1.165, 1.54) is 16.7 Å². The number of ether oxygens (including phenoxy) is 2. The summed E-state index contributed by atoms with van der Waals surface area (Å²) in [7, 11) is 0. The average Bonchev–Trinajstić information content (AvgIpc) is 2.33. The lowest BCUT2D eigenvalue weighted by atomic mass is 9.87. The largest absolute Gasteiger partial charge is 0.493 e. The summed E-state index contributed by atoms with van der Waals surface area (Å²) in [6.07, 6.45) is 2.27. The Bertz CT molecular complexity index is 417. The molecule has 3 rings (SSSR count). The standard InChI is InChI=1S/C13H17NO2/c1-8-13(14)12-9(7-16-8)4-5-11-10(12)3-2-6-15-11/h4-5,8,13H,2-3,6-7,14H2,1H3/t8-,13?/m0/s1. The lowest BCUT2D eigenvalue weighted by molar-refractivity contribution is 0.0207. The van der Waals surface area contributed by atoms with Gasteiger partial charge >= 0.3 is 0 Å². The van der Waals surface area contributed by atoms with E-state index in [4.69, 9.17) is 15.2 Å². The van der Waals surface area contributed by atoms with Crippen LogP contribution in [0.4, 0.5) is 0 Å². The third-order valence-corrected chi connectivity index (χ3v) is 3.57. The Kier molecular flexibility index (Phi) is 2.37. The fourth-order valence-corrected chi connectivity index (χ4v) is 2.62. The highest BCUT2D eigenvalue weighted by atomic mass is 16.5. The Hall–Kier alpha value is -1.06. The van der Waals surface area contributed by atoms with Crippen molar-refractivity contribution in [2.75, 3.05) is 6.61 Å². The van der Waals surface area contributed by atoms with Crippen LogP contribution in [0.15, 0.2) is 12.1 Å². The summed E-state index contributed by atoms with van der Waals surface area (Å²) in [6, 6.07) is 4.13. The molecular weight excluding hydrogens is 202 g/mol. The van der Waals surface area contributed by atoms with Crippen LogP contribution in [0.2, 0.25) is 0 Å². The van der Waals surface area contributed by atoms with Crippen LogP contribution in [0, 0.1) is 0 Å². The van der Waals surface area contributed by atoms with Gasteiger partial charge in [0.05, 0.1) is 25.4 Å². The van der Waals surface area contributed by atoms with Gasteiger partial charge in [-0.15, -0.1) is 0 Å². The smallest absolute Gasteiger partial charge is 0.122 e. The van der Waals surface area contributed by atoms with Gasteiger partial charge in [-0.1, -0.05) is 6.07 Å². The average molecular weight is 219 g/mol. The summed E-state index contributed by atoms with van der Waals surface area (Å²) in [5.41, 5.74) is 10.1. The molecule has 3 nitrogen and oxygen atoms in total. The third kappa shape index (κ3) is 1.43.